The van der Waals surface area contributed by atoms with Crippen LogP contribution >= 0.6 is 11.6 Å². The molecule has 0 bridgehead atoms. The predicted molar refractivity (Wildman–Crippen MR) is 85.4 cm³/mol. The number of rotatable bonds is 6. The van der Waals surface area contributed by atoms with Crippen LogP contribution in [0.4, 0.5) is 5.69 Å². The summed E-state index contributed by atoms with van der Waals surface area (Å²) >= 11 is 5.96. The number of nitrogens with one attached hydrogen (secondary N) is 1. The van der Waals surface area contributed by atoms with Gasteiger partial charge >= 0.3 is 0 Å². The van der Waals surface area contributed by atoms with Gasteiger partial charge < -0.3 is 5.32 Å². The first-order valence-electron chi connectivity index (χ1n) is 7.59. The molecule has 116 valence electrons. The third kappa shape index (κ3) is 4.32. The summed E-state index contributed by atoms with van der Waals surface area (Å²) in [5.74, 6) is -1.61. The number of benzene rings is 1. The lowest BCUT2D eigenvalue weighted by Crippen LogP contribution is -2.28. The van der Waals surface area contributed by atoms with Gasteiger partial charge in [-0.2, -0.15) is 5.26 Å². The van der Waals surface area contributed by atoms with Crippen molar-refractivity contribution in [2.45, 2.75) is 38.5 Å². The van der Waals surface area contributed by atoms with Crippen LogP contribution in [0.3, 0.4) is 0 Å². The van der Waals surface area contributed by atoms with Gasteiger partial charge in [-0.1, -0.05) is 49.4 Å². The second kappa shape index (κ2) is 7.95. The van der Waals surface area contributed by atoms with Crippen molar-refractivity contribution in [2.24, 2.45) is 11.8 Å². The monoisotopic (exact) mass is 318 g/mol. The Morgan fingerprint density at radius 3 is 2.64 bits per heavy atom. The molecule has 1 saturated carbocycles. The number of Topliss-reactive ketones (excluding diaryl/α,β-unsaturated/α-hetero) is 1. The fourth-order valence-electron chi connectivity index (χ4n) is 2.83. The molecule has 1 aliphatic carbocycles. The summed E-state index contributed by atoms with van der Waals surface area (Å²) < 4.78 is 0. The average molecular weight is 319 g/mol. The maximum absolute atomic E-state index is 12.1. The van der Waals surface area contributed by atoms with Crippen LogP contribution in [0.2, 0.25) is 5.02 Å². The highest BCUT2D eigenvalue weighted by molar-refractivity contribution is 6.33. The fraction of sp³-hybridized carbons (Fsp3) is 0.471. The van der Waals surface area contributed by atoms with Gasteiger partial charge in [0.2, 0.25) is 5.91 Å². The number of halogens is 1. The number of amides is 1. The van der Waals surface area contributed by atoms with Crippen molar-refractivity contribution in [3.63, 3.8) is 0 Å². The largest absolute Gasteiger partial charge is 0.323 e. The number of carbonyl (C=O) groups is 2. The van der Waals surface area contributed by atoms with E-state index in [1.807, 2.05) is 6.07 Å². The number of nitriles is 1. The molecule has 0 radical (unpaired) electrons. The minimum atomic E-state index is -1.27. The average Bonchev–Trinajstić information content (AvgIpc) is 3.01. The van der Waals surface area contributed by atoms with Crippen molar-refractivity contribution < 1.29 is 9.59 Å². The van der Waals surface area contributed by atoms with Crippen molar-refractivity contribution in [2.75, 3.05) is 5.32 Å². The zero-order valence-corrected chi connectivity index (χ0v) is 13.1. The maximum Gasteiger partial charge on any atom is 0.249 e. The standard InChI is InChI=1S/C17H19ClN2O2/c18-14-7-3-4-8-15(14)20-17(22)13(11-19)16(21)10-9-12-5-1-2-6-12/h3-4,7-8,12-13H,1-2,5-6,9-10H2,(H,20,22). The quantitative estimate of drug-likeness (QED) is 0.807. The lowest BCUT2D eigenvalue weighted by Gasteiger charge is -2.12. The minimum absolute atomic E-state index is 0.291. The number of hydrogen-bond donors (Lipinski definition) is 1. The van der Waals surface area contributed by atoms with Gasteiger partial charge in [0.05, 0.1) is 16.8 Å². The van der Waals surface area contributed by atoms with E-state index in [9.17, 15) is 9.59 Å². The highest BCUT2D eigenvalue weighted by Gasteiger charge is 2.27. The number of ketones is 1. The Morgan fingerprint density at radius 2 is 2.00 bits per heavy atom. The lowest BCUT2D eigenvalue weighted by atomic mass is 9.94. The Morgan fingerprint density at radius 1 is 1.32 bits per heavy atom. The Hall–Kier alpha value is -1.86. The summed E-state index contributed by atoms with van der Waals surface area (Å²) in [5, 5.41) is 12.1. The normalized spacial score (nSPS) is 16.0. The SMILES string of the molecule is N#CC(C(=O)CCC1CCCC1)C(=O)Nc1ccccc1Cl. The van der Waals surface area contributed by atoms with Crippen LogP contribution in [-0.2, 0) is 9.59 Å². The van der Waals surface area contributed by atoms with E-state index in [4.69, 9.17) is 16.9 Å². The molecule has 1 aromatic rings. The highest BCUT2D eigenvalue weighted by Crippen LogP contribution is 2.29. The number of anilines is 1. The van der Waals surface area contributed by atoms with Crippen LogP contribution in [-0.4, -0.2) is 11.7 Å². The fourth-order valence-corrected chi connectivity index (χ4v) is 3.02. The molecule has 1 aliphatic rings. The Bertz CT molecular complexity index is 589. The van der Waals surface area contributed by atoms with Gasteiger partial charge in [-0.15, -0.1) is 0 Å². The van der Waals surface area contributed by atoms with E-state index in [2.05, 4.69) is 5.32 Å². The molecule has 1 aromatic carbocycles. The van der Waals surface area contributed by atoms with E-state index < -0.39 is 11.8 Å². The summed E-state index contributed by atoms with van der Waals surface area (Å²) in [5.41, 5.74) is 0.415. The third-order valence-electron chi connectivity index (χ3n) is 4.12. The van der Waals surface area contributed by atoms with Crippen molar-refractivity contribution in [1.82, 2.24) is 0 Å². The molecule has 0 spiro atoms. The zero-order valence-electron chi connectivity index (χ0n) is 12.3. The van der Waals surface area contributed by atoms with Crippen molar-refractivity contribution in [3.05, 3.63) is 29.3 Å². The van der Waals surface area contributed by atoms with Crippen LogP contribution in [0.15, 0.2) is 24.3 Å². The molecule has 0 heterocycles. The molecule has 0 aliphatic heterocycles. The van der Waals surface area contributed by atoms with Crippen LogP contribution in [0.5, 0.6) is 0 Å². The van der Waals surface area contributed by atoms with Crippen molar-refractivity contribution in [3.8, 4) is 6.07 Å². The van der Waals surface area contributed by atoms with Crippen LogP contribution < -0.4 is 5.32 Å². The van der Waals surface area contributed by atoms with Crippen LogP contribution in [0.25, 0.3) is 0 Å². The Kier molecular flexibility index (Phi) is 5.97. The highest BCUT2D eigenvalue weighted by atomic mass is 35.5. The number of nitrogens with zero attached hydrogens (tertiary/aromatic N) is 1. The van der Waals surface area contributed by atoms with Gasteiger partial charge in [-0.05, 0) is 24.5 Å². The van der Waals surface area contributed by atoms with Gasteiger partial charge in [-0.3, -0.25) is 9.59 Å². The predicted octanol–water partition coefficient (Wildman–Crippen LogP) is 3.96. The summed E-state index contributed by atoms with van der Waals surface area (Å²) in [6.45, 7) is 0. The topological polar surface area (TPSA) is 70.0 Å². The van der Waals surface area contributed by atoms with Gasteiger partial charge in [-0.25, -0.2) is 0 Å². The molecule has 1 atom stereocenters. The number of para-hydroxylation sites is 1. The molecule has 1 fully saturated rings. The van der Waals surface area contributed by atoms with E-state index in [1.165, 1.54) is 12.8 Å². The van der Waals surface area contributed by atoms with E-state index in [-0.39, 0.29) is 5.78 Å². The zero-order chi connectivity index (χ0) is 15.9. The summed E-state index contributed by atoms with van der Waals surface area (Å²) in [7, 11) is 0. The van der Waals surface area contributed by atoms with Crippen LogP contribution in [0.1, 0.15) is 38.5 Å². The number of carbonyl (C=O) groups excluding carboxylic acids is 2. The van der Waals surface area contributed by atoms with Gasteiger partial charge in [0, 0.05) is 6.42 Å². The molecule has 1 N–H and O–H groups in total. The third-order valence-corrected chi connectivity index (χ3v) is 4.45. The molecular weight excluding hydrogens is 300 g/mol. The second-order valence-electron chi connectivity index (χ2n) is 5.69. The first kappa shape index (κ1) is 16.5. The molecule has 0 saturated heterocycles. The van der Waals surface area contributed by atoms with E-state index in [1.54, 1.807) is 24.3 Å². The summed E-state index contributed by atoms with van der Waals surface area (Å²) in [6, 6.07) is 8.56. The van der Waals surface area contributed by atoms with Gasteiger partial charge in [0.1, 0.15) is 0 Å². The van der Waals surface area contributed by atoms with E-state index in [0.717, 1.165) is 19.3 Å². The molecule has 4 nitrogen and oxygen atoms in total. The van der Waals surface area contributed by atoms with E-state index >= 15 is 0 Å². The molecule has 0 aromatic heterocycles. The minimum Gasteiger partial charge on any atom is -0.323 e. The van der Waals surface area contributed by atoms with E-state index in [0.29, 0.717) is 23.0 Å². The Balaban J connectivity index is 1.92. The molecular formula is C17H19ClN2O2. The molecule has 2 rings (SSSR count). The van der Waals surface area contributed by atoms with Gasteiger partial charge in [0.25, 0.3) is 0 Å². The second-order valence-corrected chi connectivity index (χ2v) is 6.09. The summed E-state index contributed by atoms with van der Waals surface area (Å²) in [6.07, 6.45) is 5.79. The number of hydrogen-bond acceptors (Lipinski definition) is 3. The summed E-state index contributed by atoms with van der Waals surface area (Å²) in [4.78, 5) is 24.3. The Labute approximate surface area is 135 Å². The first-order chi connectivity index (χ1) is 10.6. The maximum atomic E-state index is 12.1. The van der Waals surface area contributed by atoms with Gasteiger partial charge in [0.15, 0.2) is 11.7 Å². The molecule has 5 heteroatoms. The van der Waals surface area contributed by atoms with Crippen LogP contribution in [0, 0.1) is 23.2 Å². The molecule has 1 unspecified atom stereocenters. The molecule has 1 amide bonds. The first-order valence-corrected chi connectivity index (χ1v) is 7.97. The lowest BCUT2D eigenvalue weighted by molar-refractivity contribution is -0.129. The molecule has 22 heavy (non-hydrogen) atoms. The van der Waals surface area contributed by atoms with Crippen molar-refractivity contribution in [1.29, 1.82) is 5.26 Å². The van der Waals surface area contributed by atoms with Crippen molar-refractivity contribution >= 4 is 29.0 Å². The smallest absolute Gasteiger partial charge is 0.249 e.